The van der Waals surface area contributed by atoms with Gasteiger partial charge in [0.25, 0.3) is 10.9 Å². The van der Waals surface area contributed by atoms with Crippen molar-refractivity contribution >= 4 is 23.0 Å². The summed E-state index contributed by atoms with van der Waals surface area (Å²) in [5.41, 5.74) is 0.960. The van der Waals surface area contributed by atoms with Crippen LogP contribution in [0.4, 0.5) is 11.4 Å². The third-order valence-corrected chi connectivity index (χ3v) is 4.87. The van der Waals surface area contributed by atoms with E-state index in [0.29, 0.717) is 24.5 Å². The van der Waals surface area contributed by atoms with Crippen molar-refractivity contribution in [2.75, 3.05) is 42.9 Å². The summed E-state index contributed by atoms with van der Waals surface area (Å²) < 4.78 is 0. The number of anilines is 2. The van der Waals surface area contributed by atoms with Gasteiger partial charge in [-0.1, -0.05) is 29.8 Å². The lowest BCUT2D eigenvalue weighted by Crippen LogP contribution is -2.51. The Morgan fingerprint density at radius 2 is 1.84 bits per heavy atom. The van der Waals surface area contributed by atoms with Gasteiger partial charge in [0.05, 0.1) is 6.10 Å². The average Bonchev–Trinajstić information content (AvgIpc) is 2.60. The van der Waals surface area contributed by atoms with E-state index in [1.807, 2.05) is 29.2 Å². The Labute approximate surface area is 151 Å². The first-order valence-corrected chi connectivity index (χ1v) is 8.81. The van der Waals surface area contributed by atoms with E-state index in [0.717, 1.165) is 30.2 Å². The molecule has 25 heavy (non-hydrogen) atoms. The van der Waals surface area contributed by atoms with Crippen molar-refractivity contribution in [1.82, 2.24) is 4.90 Å². The number of rotatable bonds is 6. The summed E-state index contributed by atoms with van der Waals surface area (Å²) in [6, 6.07) is 7.79. The Morgan fingerprint density at radius 3 is 2.48 bits per heavy atom. The molecule has 0 radical (unpaired) electrons. The fourth-order valence-electron chi connectivity index (χ4n) is 3.09. The second kappa shape index (κ2) is 7.56. The summed E-state index contributed by atoms with van der Waals surface area (Å²) in [5.74, 6) is 0. The van der Waals surface area contributed by atoms with Crippen LogP contribution in [0.15, 0.2) is 33.9 Å². The normalized spacial score (nSPS) is 17.0. The highest BCUT2D eigenvalue weighted by atomic mass is 35.5. The predicted octanol–water partition coefficient (Wildman–Crippen LogP) is 1.05. The van der Waals surface area contributed by atoms with Crippen molar-refractivity contribution in [1.29, 1.82) is 0 Å². The van der Waals surface area contributed by atoms with Crippen molar-refractivity contribution in [3.63, 3.8) is 0 Å². The van der Waals surface area contributed by atoms with E-state index in [4.69, 9.17) is 11.6 Å². The molecule has 1 fully saturated rings. The van der Waals surface area contributed by atoms with Crippen LogP contribution in [0.25, 0.3) is 0 Å². The van der Waals surface area contributed by atoms with Crippen LogP contribution >= 0.6 is 11.6 Å². The second-order valence-corrected chi connectivity index (χ2v) is 6.87. The van der Waals surface area contributed by atoms with Crippen LogP contribution in [0.3, 0.4) is 0 Å². The minimum absolute atomic E-state index is 0.254. The molecule has 0 bridgehead atoms. The van der Waals surface area contributed by atoms with Crippen molar-refractivity contribution in [2.24, 2.45) is 0 Å². The third-order valence-electron chi connectivity index (χ3n) is 4.50. The Balaban J connectivity index is 1.61. The first kappa shape index (κ1) is 17.9. The highest BCUT2D eigenvalue weighted by Gasteiger charge is 2.28. The van der Waals surface area contributed by atoms with E-state index in [1.54, 1.807) is 6.92 Å². The standard InChI is InChI=1S/C18H22ClN3O3/c1-12(23)10-20-15-16(18(25)17(15)24)22-8-6-21(7-9-22)11-13-4-2-3-5-14(13)19/h2-5,12,20,23H,6-11H2,1H3/t12-/m1/s1. The molecule has 2 aromatic carbocycles. The van der Waals surface area contributed by atoms with Crippen LogP contribution in [-0.2, 0) is 6.54 Å². The van der Waals surface area contributed by atoms with Gasteiger partial charge in [-0.2, -0.15) is 0 Å². The number of nitrogens with one attached hydrogen (secondary N) is 1. The molecule has 134 valence electrons. The molecule has 1 aliphatic heterocycles. The molecule has 2 N–H and O–H groups in total. The molecular formula is C18H22ClN3O3. The van der Waals surface area contributed by atoms with Gasteiger partial charge in [-0.3, -0.25) is 14.5 Å². The zero-order chi connectivity index (χ0) is 18.0. The summed E-state index contributed by atoms with van der Waals surface area (Å²) in [6.45, 7) is 5.60. The topological polar surface area (TPSA) is 72.9 Å². The number of hydrogen-bond acceptors (Lipinski definition) is 6. The van der Waals surface area contributed by atoms with Crippen molar-refractivity contribution < 1.29 is 5.11 Å². The minimum atomic E-state index is -0.579. The Morgan fingerprint density at radius 1 is 1.16 bits per heavy atom. The molecule has 1 atom stereocenters. The highest BCUT2D eigenvalue weighted by Crippen LogP contribution is 2.23. The predicted molar refractivity (Wildman–Crippen MR) is 100 cm³/mol. The van der Waals surface area contributed by atoms with Gasteiger partial charge in [-0.25, -0.2) is 0 Å². The molecule has 3 rings (SSSR count). The number of nitrogens with zero attached hydrogens (tertiary/aromatic N) is 2. The van der Waals surface area contributed by atoms with Crippen molar-refractivity contribution in [2.45, 2.75) is 19.6 Å². The van der Waals surface area contributed by atoms with E-state index in [1.165, 1.54) is 0 Å². The fourth-order valence-corrected chi connectivity index (χ4v) is 3.29. The van der Waals surface area contributed by atoms with Crippen LogP contribution < -0.4 is 21.1 Å². The summed E-state index contributed by atoms with van der Waals surface area (Å²) >= 11 is 6.21. The lowest BCUT2D eigenvalue weighted by Gasteiger charge is -2.37. The third kappa shape index (κ3) is 3.86. The van der Waals surface area contributed by atoms with Crippen LogP contribution in [0, 0.1) is 0 Å². The van der Waals surface area contributed by atoms with Gasteiger partial charge < -0.3 is 15.3 Å². The number of halogens is 1. The molecule has 0 unspecified atom stereocenters. The highest BCUT2D eigenvalue weighted by molar-refractivity contribution is 6.31. The quantitative estimate of drug-likeness (QED) is 0.747. The van der Waals surface area contributed by atoms with Crippen LogP contribution in [0.5, 0.6) is 0 Å². The molecule has 1 aliphatic rings. The van der Waals surface area contributed by atoms with Crippen LogP contribution in [0.1, 0.15) is 12.5 Å². The summed E-state index contributed by atoms with van der Waals surface area (Å²) in [5, 5.41) is 13.0. The molecule has 1 heterocycles. The molecule has 0 aliphatic carbocycles. The Kier molecular flexibility index (Phi) is 5.42. The SMILES string of the molecule is C[C@@H](O)CNc1c(N2CCN(Cc3ccccc3Cl)CC2)c(=O)c1=O. The summed E-state index contributed by atoms with van der Waals surface area (Å²) in [6.07, 6.45) is -0.579. The zero-order valence-electron chi connectivity index (χ0n) is 14.2. The maximum atomic E-state index is 12.0. The minimum Gasteiger partial charge on any atom is -0.392 e. The Bertz CT molecular complexity index is 806. The van der Waals surface area contributed by atoms with Gasteiger partial charge >= 0.3 is 0 Å². The van der Waals surface area contributed by atoms with Crippen LogP contribution in [0.2, 0.25) is 5.02 Å². The number of aliphatic hydroxyl groups is 1. The molecule has 7 heteroatoms. The van der Waals surface area contributed by atoms with E-state index < -0.39 is 17.0 Å². The van der Waals surface area contributed by atoms with Gasteiger partial charge in [0.1, 0.15) is 11.4 Å². The first-order valence-electron chi connectivity index (χ1n) is 8.43. The Hall–Kier alpha value is -1.89. The second-order valence-electron chi connectivity index (χ2n) is 6.47. The van der Waals surface area contributed by atoms with Gasteiger partial charge in [0.2, 0.25) is 0 Å². The number of benzene rings is 1. The molecule has 6 nitrogen and oxygen atoms in total. The molecule has 0 saturated carbocycles. The number of piperazine rings is 1. The van der Waals surface area contributed by atoms with Gasteiger partial charge in [0, 0.05) is 44.3 Å². The zero-order valence-corrected chi connectivity index (χ0v) is 14.9. The largest absolute Gasteiger partial charge is 0.392 e. The maximum Gasteiger partial charge on any atom is 0.253 e. The molecule has 0 spiro atoms. The van der Waals surface area contributed by atoms with Crippen LogP contribution in [-0.4, -0.2) is 48.8 Å². The monoisotopic (exact) mass is 363 g/mol. The van der Waals surface area contributed by atoms with E-state index >= 15 is 0 Å². The number of hydrogen-bond donors (Lipinski definition) is 2. The summed E-state index contributed by atoms with van der Waals surface area (Å²) in [4.78, 5) is 28.0. The smallest absolute Gasteiger partial charge is 0.253 e. The fraction of sp³-hybridized carbons (Fsp3) is 0.444. The molecule has 0 aromatic heterocycles. The number of aliphatic hydroxyl groups excluding tert-OH is 1. The maximum absolute atomic E-state index is 12.0. The molecular weight excluding hydrogens is 342 g/mol. The van der Waals surface area contributed by atoms with E-state index in [2.05, 4.69) is 10.2 Å². The van der Waals surface area contributed by atoms with Gasteiger partial charge in [0.15, 0.2) is 0 Å². The lowest BCUT2D eigenvalue weighted by atomic mass is 10.1. The van der Waals surface area contributed by atoms with E-state index in [9.17, 15) is 14.7 Å². The molecule has 2 aromatic rings. The average molecular weight is 364 g/mol. The van der Waals surface area contributed by atoms with Gasteiger partial charge in [-0.05, 0) is 18.6 Å². The van der Waals surface area contributed by atoms with Gasteiger partial charge in [-0.15, -0.1) is 0 Å². The van der Waals surface area contributed by atoms with Crippen molar-refractivity contribution in [3.8, 4) is 0 Å². The van der Waals surface area contributed by atoms with Crippen molar-refractivity contribution in [3.05, 3.63) is 55.3 Å². The molecule has 0 amide bonds. The molecule has 1 saturated heterocycles. The first-order chi connectivity index (χ1) is 12.0. The summed E-state index contributed by atoms with van der Waals surface area (Å²) in [7, 11) is 0. The lowest BCUT2D eigenvalue weighted by molar-refractivity contribution is 0.208. The van der Waals surface area contributed by atoms with E-state index in [-0.39, 0.29) is 6.54 Å².